The normalized spacial score (nSPS) is 11.2. The molecular formula is C19H15F3N4O3. The van der Waals surface area contributed by atoms with Crippen molar-refractivity contribution in [3.8, 4) is 11.6 Å². The Labute approximate surface area is 163 Å². The molecule has 2 aromatic carbocycles. The number of ether oxygens (including phenoxy) is 1. The van der Waals surface area contributed by atoms with Crippen molar-refractivity contribution in [1.82, 2.24) is 9.97 Å². The van der Waals surface area contributed by atoms with E-state index < -0.39 is 28.2 Å². The predicted molar refractivity (Wildman–Crippen MR) is 99.3 cm³/mol. The fourth-order valence-corrected chi connectivity index (χ4v) is 2.57. The average Bonchev–Trinajstić information content (AvgIpc) is 2.68. The minimum atomic E-state index is -4.65. The molecular weight excluding hydrogens is 389 g/mol. The Bertz CT molecular complexity index is 1020. The van der Waals surface area contributed by atoms with Gasteiger partial charge in [0.1, 0.15) is 12.1 Å². The average molecular weight is 404 g/mol. The summed E-state index contributed by atoms with van der Waals surface area (Å²) in [5.41, 5.74) is -0.990. The molecule has 0 aliphatic rings. The summed E-state index contributed by atoms with van der Waals surface area (Å²) in [5.74, 6) is -0.506. The minimum Gasteiger partial charge on any atom is -0.434 e. The van der Waals surface area contributed by atoms with E-state index in [4.69, 9.17) is 4.74 Å². The lowest BCUT2D eigenvalue weighted by atomic mass is 10.1. The molecule has 0 bridgehead atoms. The van der Waals surface area contributed by atoms with Crippen LogP contribution in [0.5, 0.6) is 11.6 Å². The summed E-state index contributed by atoms with van der Waals surface area (Å²) < 4.78 is 45.1. The molecule has 0 atom stereocenters. The molecule has 0 aliphatic heterocycles. The van der Waals surface area contributed by atoms with Crippen LogP contribution in [-0.4, -0.2) is 14.9 Å². The summed E-state index contributed by atoms with van der Waals surface area (Å²) in [7, 11) is 0. The number of nitro groups is 1. The number of aryl methyl sites for hydroxylation is 1. The summed E-state index contributed by atoms with van der Waals surface area (Å²) >= 11 is 0. The number of aromatic nitrogens is 2. The molecule has 0 unspecified atom stereocenters. The van der Waals surface area contributed by atoms with Crippen LogP contribution in [0.1, 0.15) is 18.1 Å². The zero-order valence-corrected chi connectivity index (χ0v) is 15.1. The largest absolute Gasteiger partial charge is 0.434 e. The smallest absolute Gasteiger partial charge is 0.418 e. The van der Waals surface area contributed by atoms with Gasteiger partial charge in [0, 0.05) is 0 Å². The highest BCUT2D eigenvalue weighted by Crippen LogP contribution is 2.39. The van der Waals surface area contributed by atoms with Gasteiger partial charge in [-0.1, -0.05) is 31.2 Å². The highest BCUT2D eigenvalue weighted by atomic mass is 19.4. The van der Waals surface area contributed by atoms with Gasteiger partial charge in [0.15, 0.2) is 0 Å². The molecule has 0 radical (unpaired) electrons. The number of nitrogens with zero attached hydrogens (tertiary/aromatic N) is 3. The van der Waals surface area contributed by atoms with Crippen molar-refractivity contribution < 1.29 is 22.8 Å². The third-order valence-corrected chi connectivity index (χ3v) is 4.00. The number of anilines is 2. The molecule has 0 saturated heterocycles. The molecule has 0 spiro atoms. The monoisotopic (exact) mass is 404 g/mol. The van der Waals surface area contributed by atoms with Gasteiger partial charge in [0.2, 0.25) is 5.82 Å². The number of hydrogen-bond acceptors (Lipinski definition) is 6. The van der Waals surface area contributed by atoms with Crippen molar-refractivity contribution in [2.75, 3.05) is 5.32 Å². The SMILES string of the molecule is CCc1ccc(Oc2ncnc(Nc3ccccc3C(F)(F)F)c2[N+](=O)[O-])cc1. The van der Waals surface area contributed by atoms with Crippen LogP contribution in [0.15, 0.2) is 54.9 Å². The quantitative estimate of drug-likeness (QED) is 0.431. The number of hydrogen-bond donors (Lipinski definition) is 1. The summed E-state index contributed by atoms with van der Waals surface area (Å²) in [6, 6.07) is 11.4. The highest BCUT2D eigenvalue weighted by Gasteiger charge is 2.34. The minimum absolute atomic E-state index is 0.297. The Morgan fingerprint density at radius 1 is 1.10 bits per heavy atom. The van der Waals surface area contributed by atoms with Crippen LogP contribution in [-0.2, 0) is 12.6 Å². The van der Waals surface area contributed by atoms with Crippen LogP contribution in [0.25, 0.3) is 0 Å². The number of alkyl halides is 3. The van der Waals surface area contributed by atoms with Crippen molar-refractivity contribution in [1.29, 1.82) is 0 Å². The lowest BCUT2D eigenvalue weighted by Crippen LogP contribution is -2.10. The fourth-order valence-electron chi connectivity index (χ4n) is 2.57. The Hall–Kier alpha value is -3.69. The van der Waals surface area contributed by atoms with Gasteiger partial charge in [-0.15, -0.1) is 0 Å². The zero-order valence-electron chi connectivity index (χ0n) is 15.1. The number of halogens is 3. The van der Waals surface area contributed by atoms with Gasteiger partial charge in [-0.05, 0) is 36.2 Å². The molecule has 0 amide bonds. The van der Waals surface area contributed by atoms with E-state index in [9.17, 15) is 23.3 Å². The third-order valence-electron chi connectivity index (χ3n) is 4.00. The standard InChI is InChI=1S/C19H15F3N4O3/c1-2-12-7-9-13(10-8-12)29-18-16(26(27)28)17(23-11-24-18)25-15-6-4-3-5-14(15)19(20,21)22/h3-11H,2H2,1H3,(H,23,24,25). The van der Waals surface area contributed by atoms with Crippen molar-refractivity contribution in [3.63, 3.8) is 0 Å². The fraction of sp³-hybridized carbons (Fsp3) is 0.158. The Balaban J connectivity index is 1.99. The molecule has 1 N–H and O–H groups in total. The first-order valence-electron chi connectivity index (χ1n) is 8.49. The molecule has 7 nitrogen and oxygen atoms in total. The van der Waals surface area contributed by atoms with E-state index in [0.29, 0.717) is 5.75 Å². The van der Waals surface area contributed by atoms with Gasteiger partial charge in [0.05, 0.1) is 16.2 Å². The van der Waals surface area contributed by atoms with E-state index in [1.807, 2.05) is 6.92 Å². The molecule has 29 heavy (non-hydrogen) atoms. The molecule has 0 aliphatic carbocycles. The van der Waals surface area contributed by atoms with Crippen LogP contribution >= 0.6 is 0 Å². The lowest BCUT2D eigenvalue weighted by Gasteiger charge is -2.14. The van der Waals surface area contributed by atoms with Crippen LogP contribution in [0.3, 0.4) is 0 Å². The molecule has 3 rings (SSSR count). The Kier molecular flexibility index (Phi) is 5.62. The first kappa shape index (κ1) is 20.1. The van der Waals surface area contributed by atoms with Crippen molar-refractivity contribution in [3.05, 3.63) is 76.1 Å². The van der Waals surface area contributed by atoms with Crippen LogP contribution in [0, 0.1) is 10.1 Å². The molecule has 1 aromatic heterocycles. The van der Waals surface area contributed by atoms with E-state index >= 15 is 0 Å². The lowest BCUT2D eigenvalue weighted by molar-refractivity contribution is -0.385. The summed E-state index contributed by atoms with van der Waals surface area (Å²) in [5, 5.41) is 14.0. The van der Waals surface area contributed by atoms with E-state index in [2.05, 4.69) is 15.3 Å². The van der Waals surface area contributed by atoms with Crippen LogP contribution < -0.4 is 10.1 Å². The van der Waals surface area contributed by atoms with Gasteiger partial charge in [-0.2, -0.15) is 18.2 Å². The summed E-state index contributed by atoms with van der Waals surface area (Å²) in [6.45, 7) is 1.97. The molecule has 10 heteroatoms. The highest BCUT2D eigenvalue weighted by molar-refractivity contribution is 5.70. The Morgan fingerprint density at radius 2 is 1.79 bits per heavy atom. The predicted octanol–water partition coefficient (Wildman–Crippen LogP) is 5.50. The number of rotatable bonds is 6. The molecule has 0 fully saturated rings. The maximum absolute atomic E-state index is 13.2. The second kappa shape index (κ2) is 8.13. The third kappa shape index (κ3) is 4.60. The van der Waals surface area contributed by atoms with Gasteiger partial charge < -0.3 is 10.1 Å². The molecule has 3 aromatic rings. The van der Waals surface area contributed by atoms with Gasteiger partial charge in [0.25, 0.3) is 0 Å². The van der Waals surface area contributed by atoms with E-state index in [0.717, 1.165) is 30.4 Å². The van der Waals surface area contributed by atoms with Gasteiger partial charge >= 0.3 is 17.7 Å². The molecule has 150 valence electrons. The van der Waals surface area contributed by atoms with E-state index in [-0.39, 0.29) is 11.6 Å². The summed E-state index contributed by atoms with van der Waals surface area (Å²) in [6.07, 6.45) is -2.87. The maximum Gasteiger partial charge on any atom is 0.418 e. The second-order valence-corrected chi connectivity index (χ2v) is 5.90. The van der Waals surface area contributed by atoms with Crippen LogP contribution in [0.4, 0.5) is 30.4 Å². The topological polar surface area (TPSA) is 90.2 Å². The first-order valence-corrected chi connectivity index (χ1v) is 8.49. The van der Waals surface area contributed by atoms with Crippen molar-refractivity contribution in [2.45, 2.75) is 19.5 Å². The van der Waals surface area contributed by atoms with Gasteiger partial charge in [-0.3, -0.25) is 10.1 Å². The first-order chi connectivity index (χ1) is 13.8. The zero-order chi connectivity index (χ0) is 21.0. The molecule has 1 heterocycles. The van der Waals surface area contributed by atoms with E-state index in [1.165, 1.54) is 12.1 Å². The number of para-hydroxylation sites is 1. The van der Waals surface area contributed by atoms with Crippen LogP contribution in [0.2, 0.25) is 0 Å². The second-order valence-electron chi connectivity index (χ2n) is 5.90. The van der Waals surface area contributed by atoms with E-state index in [1.54, 1.807) is 24.3 Å². The Morgan fingerprint density at radius 3 is 2.41 bits per heavy atom. The van der Waals surface area contributed by atoms with Gasteiger partial charge in [-0.25, -0.2) is 4.98 Å². The molecule has 0 saturated carbocycles. The number of benzene rings is 2. The van der Waals surface area contributed by atoms with Crippen molar-refractivity contribution in [2.24, 2.45) is 0 Å². The van der Waals surface area contributed by atoms with Crippen molar-refractivity contribution >= 4 is 17.2 Å². The maximum atomic E-state index is 13.2. The summed E-state index contributed by atoms with van der Waals surface area (Å²) in [4.78, 5) is 18.3. The number of nitrogens with one attached hydrogen (secondary N) is 1.